The van der Waals surface area contributed by atoms with Crippen LogP contribution >= 0.6 is 31.9 Å². The van der Waals surface area contributed by atoms with E-state index < -0.39 is 6.09 Å². The molecule has 0 fully saturated rings. The molecule has 2 aromatic rings. The Balaban J connectivity index is 1.83. The van der Waals surface area contributed by atoms with Crippen LogP contribution in [0.15, 0.2) is 51.4 Å². The Kier molecular flexibility index (Phi) is 4.82. The average Bonchev–Trinajstić information content (AvgIpc) is 2.54. The van der Waals surface area contributed by atoms with Crippen molar-refractivity contribution in [3.8, 4) is 0 Å². The van der Waals surface area contributed by atoms with Gasteiger partial charge in [-0.15, -0.1) is 0 Å². The van der Waals surface area contributed by atoms with E-state index in [0.29, 0.717) is 22.3 Å². The third-order valence-electron chi connectivity index (χ3n) is 3.59. The minimum Gasteiger partial charge on any atom is -0.444 e. The van der Waals surface area contributed by atoms with Crippen molar-refractivity contribution in [1.29, 1.82) is 0 Å². The second-order valence-electron chi connectivity index (χ2n) is 5.15. The summed E-state index contributed by atoms with van der Waals surface area (Å²) in [6.45, 7) is 0.521. The summed E-state index contributed by atoms with van der Waals surface area (Å²) in [6.07, 6.45) is -0.165. The summed E-state index contributed by atoms with van der Waals surface area (Å²) < 4.78 is 6.86. The maximum atomic E-state index is 12.4. The fourth-order valence-electron chi connectivity index (χ4n) is 2.49. The molecule has 1 amide bonds. The fraction of sp³-hybridized carbons (Fsp3) is 0.176. The van der Waals surface area contributed by atoms with Gasteiger partial charge < -0.3 is 4.74 Å². The number of ketones is 1. The molecule has 6 heteroatoms. The summed E-state index contributed by atoms with van der Waals surface area (Å²) in [4.78, 5) is 26.1. The Hall–Kier alpha value is -1.66. The normalized spacial score (nSPS) is 13.7. The van der Waals surface area contributed by atoms with Crippen LogP contribution in [0.3, 0.4) is 0 Å². The van der Waals surface area contributed by atoms with E-state index in [9.17, 15) is 9.59 Å². The molecule has 1 aliphatic heterocycles. The van der Waals surface area contributed by atoms with Crippen molar-refractivity contribution in [2.24, 2.45) is 0 Å². The molecule has 0 spiro atoms. The van der Waals surface area contributed by atoms with E-state index in [4.69, 9.17) is 4.74 Å². The van der Waals surface area contributed by atoms with Crippen LogP contribution in [0.2, 0.25) is 0 Å². The molecule has 2 aromatic carbocycles. The number of hydrogen-bond donors (Lipinski definition) is 0. The van der Waals surface area contributed by atoms with Crippen LogP contribution in [0.25, 0.3) is 0 Å². The molecule has 0 unspecified atom stereocenters. The zero-order chi connectivity index (χ0) is 16.4. The zero-order valence-corrected chi connectivity index (χ0v) is 15.3. The van der Waals surface area contributed by atoms with Gasteiger partial charge in [0.2, 0.25) is 0 Å². The third kappa shape index (κ3) is 3.48. The number of nitrogens with zero attached hydrogens (tertiary/aromatic N) is 1. The Labute approximate surface area is 150 Å². The van der Waals surface area contributed by atoms with Gasteiger partial charge in [0.15, 0.2) is 5.78 Å². The number of fused-ring (bicyclic) bond motifs is 1. The van der Waals surface area contributed by atoms with Crippen LogP contribution in [-0.2, 0) is 11.3 Å². The number of Topliss-reactive ketones (excluding diaryl/α,β-unsaturated/α-hetero) is 1. The number of halogens is 2. The Bertz CT molecular complexity index is 762. The molecular weight excluding hydrogens is 426 g/mol. The van der Waals surface area contributed by atoms with Gasteiger partial charge in [-0.1, -0.05) is 46.3 Å². The lowest BCUT2D eigenvalue weighted by atomic mass is 10.0. The van der Waals surface area contributed by atoms with Crippen LogP contribution in [-0.4, -0.2) is 18.4 Å². The first-order valence-corrected chi connectivity index (χ1v) is 8.65. The molecule has 118 valence electrons. The number of carbonyl (C=O) groups is 2. The summed E-state index contributed by atoms with van der Waals surface area (Å²) in [7, 11) is 0. The number of anilines is 1. The highest BCUT2D eigenvalue weighted by Gasteiger charge is 2.30. The van der Waals surface area contributed by atoms with Crippen molar-refractivity contribution < 1.29 is 14.3 Å². The average molecular weight is 439 g/mol. The molecule has 0 radical (unpaired) electrons. The number of hydrogen-bond acceptors (Lipinski definition) is 3. The standard InChI is InChI=1S/C17H13Br2NO3/c18-12-8-13-15(21)6-7-20(16(13)14(19)9-12)17(22)23-10-11-4-2-1-3-5-11/h1-5,8-9H,6-7,10H2. The summed E-state index contributed by atoms with van der Waals surface area (Å²) in [5.74, 6) is 0.0223. The van der Waals surface area contributed by atoms with Crippen LogP contribution < -0.4 is 4.90 Å². The lowest BCUT2D eigenvalue weighted by Gasteiger charge is -2.29. The van der Waals surface area contributed by atoms with Crippen LogP contribution in [0.5, 0.6) is 0 Å². The van der Waals surface area contributed by atoms with Crippen molar-refractivity contribution in [2.45, 2.75) is 13.0 Å². The highest BCUT2D eigenvalue weighted by atomic mass is 79.9. The molecule has 1 aliphatic rings. The monoisotopic (exact) mass is 437 g/mol. The highest BCUT2D eigenvalue weighted by molar-refractivity contribution is 9.11. The lowest BCUT2D eigenvalue weighted by Crippen LogP contribution is -2.38. The highest BCUT2D eigenvalue weighted by Crippen LogP contribution is 2.37. The summed E-state index contributed by atoms with van der Waals surface area (Å²) in [5, 5.41) is 0. The van der Waals surface area contributed by atoms with Gasteiger partial charge in [-0.25, -0.2) is 4.79 Å². The van der Waals surface area contributed by atoms with Crippen LogP contribution in [0.4, 0.5) is 10.5 Å². The van der Waals surface area contributed by atoms with E-state index in [1.807, 2.05) is 36.4 Å². The topological polar surface area (TPSA) is 46.6 Å². The van der Waals surface area contributed by atoms with Crippen molar-refractivity contribution in [2.75, 3.05) is 11.4 Å². The number of ether oxygens (including phenoxy) is 1. The van der Waals surface area contributed by atoms with Gasteiger partial charge in [0.1, 0.15) is 6.61 Å². The van der Waals surface area contributed by atoms with Gasteiger partial charge in [-0.2, -0.15) is 0 Å². The minimum absolute atomic E-state index is 0.0223. The van der Waals surface area contributed by atoms with Gasteiger partial charge in [-0.05, 0) is 33.6 Å². The van der Waals surface area contributed by atoms with Gasteiger partial charge in [0, 0.05) is 27.5 Å². The van der Waals surface area contributed by atoms with E-state index in [0.717, 1.165) is 10.0 Å². The first kappa shape index (κ1) is 16.2. The number of amides is 1. The second kappa shape index (κ2) is 6.84. The first-order chi connectivity index (χ1) is 11.1. The Morgan fingerprint density at radius 2 is 1.91 bits per heavy atom. The third-order valence-corrected chi connectivity index (χ3v) is 4.65. The quantitative estimate of drug-likeness (QED) is 0.666. The summed E-state index contributed by atoms with van der Waals surface area (Å²) in [6, 6.07) is 13.0. The molecule has 0 saturated heterocycles. The molecule has 0 aliphatic carbocycles. The SMILES string of the molecule is O=C1CCN(C(=O)OCc2ccccc2)c2c(Br)cc(Br)cc21. The molecule has 0 saturated carbocycles. The Morgan fingerprint density at radius 1 is 1.17 bits per heavy atom. The molecule has 1 heterocycles. The largest absolute Gasteiger partial charge is 0.444 e. The van der Waals surface area contributed by atoms with E-state index in [1.54, 1.807) is 6.07 Å². The van der Waals surface area contributed by atoms with E-state index in [1.165, 1.54) is 4.90 Å². The maximum Gasteiger partial charge on any atom is 0.414 e. The maximum absolute atomic E-state index is 12.4. The molecule has 0 bridgehead atoms. The molecule has 23 heavy (non-hydrogen) atoms. The lowest BCUT2D eigenvalue weighted by molar-refractivity contribution is 0.0977. The fourth-order valence-corrected chi connectivity index (χ4v) is 3.93. The smallest absolute Gasteiger partial charge is 0.414 e. The molecule has 3 rings (SSSR count). The number of rotatable bonds is 2. The first-order valence-electron chi connectivity index (χ1n) is 7.06. The number of benzene rings is 2. The van der Waals surface area contributed by atoms with Crippen molar-refractivity contribution in [3.63, 3.8) is 0 Å². The van der Waals surface area contributed by atoms with Gasteiger partial charge >= 0.3 is 6.09 Å². The summed E-state index contributed by atoms with van der Waals surface area (Å²) >= 11 is 6.80. The van der Waals surface area contributed by atoms with Gasteiger partial charge in [0.05, 0.1) is 5.69 Å². The van der Waals surface area contributed by atoms with E-state index >= 15 is 0 Å². The number of carbonyl (C=O) groups excluding carboxylic acids is 2. The predicted molar refractivity (Wildman–Crippen MR) is 94.8 cm³/mol. The van der Waals surface area contributed by atoms with Crippen LogP contribution in [0.1, 0.15) is 22.3 Å². The van der Waals surface area contributed by atoms with Crippen LogP contribution in [0, 0.1) is 0 Å². The molecular formula is C17H13Br2NO3. The second-order valence-corrected chi connectivity index (χ2v) is 6.92. The van der Waals surface area contributed by atoms with Gasteiger partial charge in [0.25, 0.3) is 0 Å². The molecule has 0 aromatic heterocycles. The molecule has 4 nitrogen and oxygen atoms in total. The van der Waals surface area contributed by atoms with Crippen molar-refractivity contribution >= 4 is 49.4 Å². The molecule has 0 N–H and O–H groups in total. The van der Waals surface area contributed by atoms with Gasteiger partial charge in [-0.3, -0.25) is 9.69 Å². The predicted octanol–water partition coefficient (Wildman–Crippen LogP) is 4.94. The van der Waals surface area contributed by atoms with Crippen molar-refractivity contribution in [3.05, 3.63) is 62.5 Å². The van der Waals surface area contributed by atoms with E-state index in [-0.39, 0.29) is 18.8 Å². The minimum atomic E-state index is -0.453. The Morgan fingerprint density at radius 3 is 2.65 bits per heavy atom. The van der Waals surface area contributed by atoms with E-state index in [2.05, 4.69) is 31.9 Å². The zero-order valence-electron chi connectivity index (χ0n) is 12.1. The van der Waals surface area contributed by atoms with Crippen molar-refractivity contribution in [1.82, 2.24) is 0 Å². The molecule has 0 atom stereocenters. The summed E-state index contributed by atoms with van der Waals surface area (Å²) in [5.41, 5.74) is 2.01.